The van der Waals surface area contributed by atoms with Gasteiger partial charge in [0.05, 0.1) is 5.60 Å². The van der Waals surface area contributed by atoms with E-state index in [1.165, 1.54) is 0 Å². The minimum Gasteiger partial charge on any atom is -0.386 e. The van der Waals surface area contributed by atoms with Gasteiger partial charge in [-0.2, -0.15) is 0 Å². The van der Waals surface area contributed by atoms with Crippen molar-refractivity contribution in [1.29, 1.82) is 0 Å². The smallest absolute Gasteiger partial charge is 0.0805 e. The summed E-state index contributed by atoms with van der Waals surface area (Å²) in [7, 11) is 0. The van der Waals surface area contributed by atoms with Crippen LogP contribution in [0.15, 0.2) is 11.1 Å². The fourth-order valence-corrected chi connectivity index (χ4v) is 0.823. The second kappa shape index (κ2) is 3.25. The quantitative estimate of drug-likeness (QED) is 0.687. The van der Waals surface area contributed by atoms with E-state index >= 15 is 0 Å². The molecule has 2 heteroatoms. The van der Waals surface area contributed by atoms with E-state index in [2.05, 4.69) is 15.9 Å². The molecule has 0 aliphatic heterocycles. The van der Waals surface area contributed by atoms with Crippen LogP contribution in [-0.2, 0) is 0 Å². The third-order valence-corrected chi connectivity index (χ3v) is 1.40. The zero-order valence-electron chi connectivity index (χ0n) is 5.19. The lowest BCUT2D eigenvalue weighted by molar-refractivity contribution is 0.108. The molecule has 0 heterocycles. The van der Waals surface area contributed by atoms with Crippen LogP contribution in [0, 0.1) is 0 Å². The van der Waals surface area contributed by atoms with E-state index < -0.39 is 5.60 Å². The van der Waals surface area contributed by atoms with Crippen LogP contribution in [0.5, 0.6) is 0 Å². The summed E-state index contributed by atoms with van der Waals surface area (Å²) in [6.45, 7) is 3.71. The van der Waals surface area contributed by atoms with Gasteiger partial charge in [-0.05, 0) is 24.4 Å². The van der Waals surface area contributed by atoms with Gasteiger partial charge in [0.2, 0.25) is 0 Å². The Hall–Kier alpha value is 0.180. The molecule has 1 N–H and O–H groups in total. The van der Waals surface area contributed by atoms with Gasteiger partial charge >= 0.3 is 0 Å². The molecular formula is C6H11BrO. The molecule has 0 aliphatic rings. The first kappa shape index (κ1) is 8.18. The molecule has 0 aromatic rings. The topological polar surface area (TPSA) is 20.2 Å². The highest BCUT2D eigenvalue weighted by Gasteiger charge is 2.10. The van der Waals surface area contributed by atoms with Crippen LogP contribution in [0.25, 0.3) is 0 Å². The van der Waals surface area contributed by atoms with Crippen molar-refractivity contribution in [2.24, 2.45) is 0 Å². The first-order valence-electron chi connectivity index (χ1n) is 2.62. The first-order chi connectivity index (χ1) is 3.62. The number of rotatable bonds is 2. The average Bonchev–Trinajstić information content (AvgIpc) is 1.67. The highest BCUT2D eigenvalue weighted by atomic mass is 79.9. The van der Waals surface area contributed by atoms with Crippen LogP contribution in [0.1, 0.15) is 20.3 Å². The lowest BCUT2D eigenvalue weighted by Gasteiger charge is -2.14. The summed E-state index contributed by atoms with van der Waals surface area (Å²) in [4.78, 5) is 1.68. The van der Waals surface area contributed by atoms with E-state index in [-0.39, 0.29) is 0 Å². The second-order valence-corrected chi connectivity index (χ2v) is 2.53. The summed E-state index contributed by atoms with van der Waals surface area (Å²) in [5.74, 6) is 0. The fraction of sp³-hybridized carbons (Fsp3) is 0.667. The Morgan fingerprint density at radius 2 is 2.25 bits per heavy atom. The molecule has 0 spiro atoms. The van der Waals surface area contributed by atoms with Crippen molar-refractivity contribution in [3.05, 3.63) is 11.1 Å². The molecule has 1 nitrogen and oxygen atoms in total. The van der Waals surface area contributed by atoms with Crippen LogP contribution in [0.4, 0.5) is 0 Å². The summed E-state index contributed by atoms with van der Waals surface area (Å²) >= 11 is 3.09. The standard InChI is InChI=1S/C6H11BrO/c1-3-6(2,8)4-5-7/h4-5,8H,3H2,1-2H3/t6-/m1/s1. The molecule has 0 aliphatic carbocycles. The normalized spacial score (nSPS) is 19.0. The van der Waals surface area contributed by atoms with Gasteiger partial charge in [0.1, 0.15) is 0 Å². The van der Waals surface area contributed by atoms with Crippen molar-refractivity contribution in [2.45, 2.75) is 25.9 Å². The summed E-state index contributed by atoms with van der Waals surface area (Å²) < 4.78 is 0. The first-order valence-corrected chi connectivity index (χ1v) is 3.54. The highest BCUT2D eigenvalue weighted by molar-refractivity contribution is 9.11. The molecule has 1 atom stereocenters. The van der Waals surface area contributed by atoms with Gasteiger partial charge in [-0.3, -0.25) is 0 Å². The summed E-state index contributed by atoms with van der Waals surface area (Å²) in [5, 5.41) is 9.21. The number of halogens is 1. The summed E-state index contributed by atoms with van der Waals surface area (Å²) in [6.07, 6.45) is 2.46. The van der Waals surface area contributed by atoms with Crippen LogP contribution in [-0.4, -0.2) is 10.7 Å². The predicted molar refractivity (Wildman–Crippen MR) is 39.0 cm³/mol. The molecule has 8 heavy (non-hydrogen) atoms. The molecule has 0 amide bonds. The van der Waals surface area contributed by atoms with Gasteiger partial charge in [-0.25, -0.2) is 0 Å². The monoisotopic (exact) mass is 178 g/mol. The van der Waals surface area contributed by atoms with Crippen LogP contribution in [0.2, 0.25) is 0 Å². The second-order valence-electron chi connectivity index (χ2n) is 2.00. The van der Waals surface area contributed by atoms with Crippen molar-refractivity contribution in [3.63, 3.8) is 0 Å². The summed E-state index contributed by atoms with van der Waals surface area (Å²) in [5.41, 5.74) is -0.635. The number of aliphatic hydroxyl groups is 1. The molecule has 0 saturated heterocycles. The Balaban J connectivity index is 3.71. The van der Waals surface area contributed by atoms with Gasteiger partial charge in [-0.1, -0.05) is 22.9 Å². The Bertz CT molecular complexity index is 86.5. The maximum Gasteiger partial charge on any atom is 0.0805 e. The lowest BCUT2D eigenvalue weighted by atomic mass is 10.1. The average molecular weight is 179 g/mol. The Morgan fingerprint density at radius 3 is 2.38 bits per heavy atom. The molecule has 0 aromatic heterocycles. The minimum atomic E-state index is -0.635. The van der Waals surface area contributed by atoms with Gasteiger partial charge in [0, 0.05) is 0 Å². The van der Waals surface area contributed by atoms with E-state index in [1.807, 2.05) is 6.92 Å². The molecule has 0 saturated carbocycles. The molecule has 0 radical (unpaired) electrons. The Morgan fingerprint density at radius 1 is 1.75 bits per heavy atom. The van der Waals surface area contributed by atoms with Crippen molar-refractivity contribution in [2.75, 3.05) is 0 Å². The fourth-order valence-electron chi connectivity index (χ4n) is 0.254. The van der Waals surface area contributed by atoms with Crippen molar-refractivity contribution in [3.8, 4) is 0 Å². The van der Waals surface area contributed by atoms with Crippen molar-refractivity contribution < 1.29 is 5.11 Å². The third-order valence-electron chi connectivity index (χ3n) is 1.14. The number of hydrogen-bond acceptors (Lipinski definition) is 1. The zero-order chi connectivity index (χ0) is 6.62. The summed E-state index contributed by atoms with van der Waals surface area (Å²) in [6, 6.07) is 0. The van der Waals surface area contributed by atoms with E-state index in [0.29, 0.717) is 0 Å². The van der Waals surface area contributed by atoms with Crippen molar-refractivity contribution >= 4 is 15.9 Å². The molecule has 0 fully saturated rings. The van der Waals surface area contributed by atoms with Gasteiger partial charge < -0.3 is 5.11 Å². The zero-order valence-corrected chi connectivity index (χ0v) is 6.77. The van der Waals surface area contributed by atoms with Crippen LogP contribution >= 0.6 is 15.9 Å². The van der Waals surface area contributed by atoms with Gasteiger partial charge in [-0.15, -0.1) is 0 Å². The van der Waals surface area contributed by atoms with Crippen LogP contribution in [0.3, 0.4) is 0 Å². The maximum absolute atomic E-state index is 9.21. The molecule has 48 valence electrons. The Kier molecular flexibility index (Phi) is 3.33. The maximum atomic E-state index is 9.21. The molecule has 0 bridgehead atoms. The molecule has 0 rings (SSSR count). The van der Waals surface area contributed by atoms with E-state index in [0.717, 1.165) is 6.42 Å². The SMILES string of the molecule is CC[C@@](C)(O)C=CBr. The highest BCUT2D eigenvalue weighted by Crippen LogP contribution is 2.10. The van der Waals surface area contributed by atoms with Crippen LogP contribution < -0.4 is 0 Å². The van der Waals surface area contributed by atoms with E-state index in [9.17, 15) is 5.11 Å². The Labute approximate surface area is 58.5 Å². The molecule has 0 aromatic carbocycles. The van der Waals surface area contributed by atoms with Gasteiger partial charge in [0.15, 0.2) is 0 Å². The third kappa shape index (κ3) is 3.22. The lowest BCUT2D eigenvalue weighted by Crippen LogP contribution is -2.17. The number of hydrogen-bond donors (Lipinski definition) is 1. The van der Waals surface area contributed by atoms with E-state index in [4.69, 9.17) is 0 Å². The van der Waals surface area contributed by atoms with E-state index in [1.54, 1.807) is 18.0 Å². The largest absolute Gasteiger partial charge is 0.386 e. The minimum absolute atomic E-state index is 0.635. The predicted octanol–water partition coefficient (Wildman–Crippen LogP) is 2.06. The molecule has 0 unspecified atom stereocenters. The van der Waals surface area contributed by atoms with Gasteiger partial charge in [0.25, 0.3) is 0 Å². The molecular weight excluding hydrogens is 168 g/mol. The van der Waals surface area contributed by atoms with Crippen molar-refractivity contribution in [1.82, 2.24) is 0 Å².